The van der Waals surface area contributed by atoms with E-state index in [1.54, 1.807) is 0 Å². The van der Waals surface area contributed by atoms with Crippen molar-refractivity contribution in [2.24, 2.45) is 0 Å². The number of carbonyl (C=O) groups is 1. The fraction of sp³-hybridized carbons (Fsp3) is 0.727. The van der Waals surface area contributed by atoms with Crippen molar-refractivity contribution in [1.29, 1.82) is 0 Å². The molecule has 1 atom stereocenters. The molecule has 4 heteroatoms. The van der Waals surface area contributed by atoms with Crippen molar-refractivity contribution >= 4 is 5.97 Å². The molecule has 0 rings (SSSR count). The molecular formula is C11H21NO3. The Morgan fingerprint density at radius 2 is 2.27 bits per heavy atom. The molecule has 88 valence electrons. The molecule has 0 aliphatic heterocycles. The number of nitrogens with one attached hydrogen (secondary N) is 1. The molecule has 4 nitrogen and oxygen atoms in total. The number of ether oxygens (including phenoxy) is 2. The zero-order valence-electron chi connectivity index (χ0n) is 9.62. The second-order valence-corrected chi connectivity index (χ2v) is 3.33. The molecule has 1 unspecified atom stereocenters. The highest BCUT2D eigenvalue weighted by atomic mass is 16.5. The van der Waals surface area contributed by atoms with Crippen LogP contribution in [-0.2, 0) is 14.3 Å². The van der Waals surface area contributed by atoms with E-state index >= 15 is 0 Å². The van der Waals surface area contributed by atoms with E-state index in [4.69, 9.17) is 4.74 Å². The quantitative estimate of drug-likeness (QED) is 0.356. The maximum atomic E-state index is 10.9. The van der Waals surface area contributed by atoms with Crippen LogP contribution in [0.25, 0.3) is 0 Å². The highest BCUT2D eigenvalue weighted by Crippen LogP contribution is 1.92. The van der Waals surface area contributed by atoms with Crippen LogP contribution in [0, 0.1) is 0 Å². The van der Waals surface area contributed by atoms with Gasteiger partial charge in [-0.3, -0.25) is 4.79 Å². The Labute approximate surface area is 91.6 Å². The predicted octanol–water partition coefficient (Wildman–Crippen LogP) is 1.12. The van der Waals surface area contributed by atoms with Gasteiger partial charge in [0.2, 0.25) is 0 Å². The number of hydrogen-bond acceptors (Lipinski definition) is 4. The highest BCUT2D eigenvalue weighted by Gasteiger charge is 2.07. The first-order valence-electron chi connectivity index (χ1n) is 5.19. The smallest absolute Gasteiger partial charge is 0.307 e. The normalized spacial score (nSPS) is 12.1. The van der Waals surface area contributed by atoms with Gasteiger partial charge in [0.1, 0.15) is 0 Å². The number of hydrogen-bond donors (Lipinski definition) is 1. The van der Waals surface area contributed by atoms with E-state index < -0.39 is 0 Å². The summed E-state index contributed by atoms with van der Waals surface area (Å²) in [5.41, 5.74) is 0. The summed E-state index contributed by atoms with van der Waals surface area (Å²) in [5, 5.41) is 3.17. The summed E-state index contributed by atoms with van der Waals surface area (Å²) in [6, 6.07) is 0.125. The first-order valence-corrected chi connectivity index (χ1v) is 5.19. The molecule has 0 aromatic heterocycles. The first kappa shape index (κ1) is 14.1. The molecule has 0 aliphatic carbocycles. The van der Waals surface area contributed by atoms with Crippen LogP contribution in [0.4, 0.5) is 0 Å². The van der Waals surface area contributed by atoms with Gasteiger partial charge < -0.3 is 14.8 Å². The topological polar surface area (TPSA) is 47.6 Å². The monoisotopic (exact) mass is 215 g/mol. The third-order valence-electron chi connectivity index (χ3n) is 1.91. The number of methoxy groups -OCH3 is 1. The lowest BCUT2D eigenvalue weighted by Gasteiger charge is -2.12. The Balaban J connectivity index is 3.27. The Bertz CT molecular complexity index is 183. The van der Waals surface area contributed by atoms with Gasteiger partial charge in [-0.2, -0.15) is 0 Å². The molecule has 0 aromatic carbocycles. The van der Waals surface area contributed by atoms with Gasteiger partial charge >= 0.3 is 5.97 Å². The van der Waals surface area contributed by atoms with E-state index in [2.05, 4.69) is 16.6 Å². The molecule has 0 radical (unpaired) electrons. The summed E-state index contributed by atoms with van der Waals surface area (Å²) in [6.45, 7) is 7.65. The van der Waals surface area contributed by atoms with Gasteiger partial charge in [-0.05, 0) is 13.3 Å². The lowest BCUT2D eigenvalue weighted by atomic mass is 10.2. The second kappa shape index (κ2) is 9.68. The fourth-order valence-electron chi connectivity index (χ4n) is 1.05. The van der Waals surface area contributed by atoms with Gasteiger partial charge in [-0.25, -0.2) is 0 Å². The van der Waals surface area contributed by atoms with Crippen LogP contribution in [0.3, 0.4) is 0 Å². The van der Waals surface area contributed by atoms with Crippen molar-refractivity contribution in [1.82, 2.24) is 5.32 Å². The zero-order valence-corrected chi connectivity index (χ0v) is 9.62. The maximum Gasteiger partial charge on any atom is 0.307 e. The molecule has 0 aromatic rings. The van der Waals surface area contributed by atoms with E-state index in [1.807, 2.05) is 13.0 Å². The minimum atomic E-state index is -0.192. The van der Waals surface area contributed by atoms with Crippen LogP contribution in [0.5, 0.6) is 0 Å². The van der Waals surface area contributed by atoms with E-state index in [0.717, 1.165) is 13.0 Å². The van der Waals surface area contributed by atoms with Crippen molar-refractivity contribution in [3.05, 3.63) is 12.7 Å². The molecule has 0 saturated carbocycles. The van der Waals surface area contributed by atoms with Gasteiger partial charge in [0.15, 0.2) is 0 Å². The van der Waals surface area contributed by atoms with Gasteiger partial charge in [-0.15, -0.1) is 6.58 Å². The Kier molecular flexibility index (Phi) is 9.11. The molecule has 1 N–H and O–H groups in total. The third-order valence-corrected chi connectivity index (χ3v) is 1.91. The molecule has 15 heavy (non-hydrogen) atoms. The zero-order chi connectivity index (χ0) is 11.5. The van der Waals surface area contributed by atoms with Gasteiger partial charge in [0.05, 0.1) is 26.7 Å². The van der Waals surface area contributed by atoms with Crippen LogP contribution in [0.1, 0.15) is 19.8 Å². The Morgan fingerprint density at radius 1 is 1.53 bits per heavy atom. The van der Waals surface area contributed by atoms with Crippen LogP contribution >= 0.6 is 0 Å². The first-order chi connectivity index (χ1) is 7.20. The molecule has 0 aliphatic rings. The Morgan fingerprint density at radius 3 is 2.87 bits per heavy atom. The number of rotatable bonds is 9. The Hall–Kier alpha value is -0.870. The summed E-state index contributed by atoms with van der Waals surface area (Å²) in [7, 11) is 1.40. The average Bonchev–Trinajstić information content (AvgIpc) is 2.23. The third kappa shape index (κ3) is 9.43. The minimum Gasteiger partial charge on any atom is -0.469 e. The van der Waals surface area contributed by atoms with E-state index in [-0.39, 0.29) is 12.0 Å². The summed E-state index contributed by atoms with van der Waals surface area (Å²) in [5.74, 6) is -0.192. The van der Waals surface area contributed by atoms with Gasteiger partial charge in [0.25, 0.3) is 0 Å². The summed E-state index contributed by atoms with van der Waals surface area (Å²) in [4.78, 5) is 10.9. The molecular weight excluding hydrogens is 194 g/mol. The highest BCUT2D eigenvalue weighted by molar-refractivity contribution is 5.69. The van der Waals surface area contributed by atoms with Crippen LogP contribution < -0.4 is 5.32 Å². The molecule has 0 bridgehead atoms. The standard InChI is InChI=1S/C11H21NO3/c1-4-5-7-15-8-6-12-10(2)9-11(13)14-3/h4,10,12H,1,5-9H2,2-3H3. The summed E-state index contributed by atoms with van der Waals surface area (Å²) < 4.78 is 9.86. The van der Waals surface area contributed by atoms with E-state index in [0.29, 0.717) is 19.6 Å². The van der Waals surface area contributed by atoms with Crippen molar-refractivity contribution < 1.29 is 14.3 Å². The molecule has 0 amide bonds. The van der Waals surface area contributed by atoms with Gasteiger partial charge in [-0.1, -0.05) is 6.08 Å². The maximum absolute atomic E-state index is 10.9. The van der Waals surface area contributed by atoms with Crippen molar-refractivity contribution in [2.45, 2.75) is 25.8 Å². The predicted molar refractivity (Wildman–Crippen MR) is 59.7 cm³/mol. The van der Waals surface area contributed by atoms with Crippen molar-refractivity contribution in [3.8, 4) is 0 Å². The minimum absolute atomic E-state index is 0.125. The molecule has 0 fully saturated rings. The van der Waals surface area contributed by atoms with E-state index in [9.17, 15) is 4.79 Å². The van der Waals surface area contributed by atoms with E-state index in [1.165, 1.54) is 7.11 Å². The lowest BCUT2D eigenvalue weighted by Crippen LogP contribution is -2.31. The van der Waals surface area contributed by atoms with Crippen LogP contribution in [0.2, 0.25) is 0 Å². The molecule has 0 heterocycles. The summed E-state index contributed by atoms with van der Waals surface area (Å²) in [6.07, 6.45) is 3.09. The fourth-order valence-corrected chi connectivity index (χ4v) is 1.05. The number of carbonyl (C=O) groups excluding carboxylic acids is 1. The molecule has 0 saturated heterocycles. The SMILES string of the molecule is C=CCCOCCNC(C)CC(=O)OC. The second-order valence-electron chi connectivity index (χ2n) is 3.33. The average molecular weight is 215 g/mol. The van der Waals surface area contributed by atoms with Crippen LogP contribution in [0.15, 0.2) is 12.7 Å². The van der Waals surface area contributed by atoms with Crippen molar-refractivity contribution in [3.63, 3.8) is 0 Å². The van der Waals surface area contributed by atoms with Crippen LogP contribution in [-0.4, -0.2) is 38.9 Å². The lowest BCUT2D eigenvalue weighted by molar-refractivity contribution is -0.141. The van der Waals surface area contributed by atoms with Gasteiger partial charge in [0, 0.05) is 12.6 Å². The summed E-state index contributed by atoms with van der Waals surface area (Å²) >= 11 is 0. The largest absolute Gasteiger partial charge is 0.469 e. The van der Waals surface area contributed by atoms with Crippen molar-refractivity contribution in [2.75, 3.05) is 26.9 Å². The number of esters is 1. The molecule has 0 spiro atoms.